The van der Waals surface area contributed by atoms with Crippen LogP contribution in [0.2, 0.25) is 0 Å². The minimum atomic E-state index is -1.50. The van der Waals surface area contributed by atoms with E-state index in [9.17, 15) is 14.4 Å². The fraction of sp³-hybridized carbons (Fsp3) is 0.619. The minimum Gasteiger partial charge on any atom is -0.468 e. The van der Waals surface area contributed by atoms with Crippen molar-refractivity contribution in [3.05, 3.63) is 17.9 Å². The average Bonchev–Trinajstić information content (AvgIpc) is 2.60. The van der Waals surface area contributed by atoms with Crippen LogP contribution in [0.3, 0.4) is 0 Å². The molecule has 0 aliphatic heterocycles. The molecule has 26 heavy (non-hydrogen) atoms. The van der Waals surface area contributed by atoms with Crippen LogP contribution in [-0.2, 0) is 23.9 Å². The standard InChI is InChI=1S/C21H30O5/c1-20(2,3)14-11-12-16-21(18(23)25-4,19(24)26-5)15-10-8-6-7-9-13-17-22/h12,14,17H,6-7,9,13,15-16H2,1-5H3. The van der Waals surface area contributed by atoms with Crippen molar-refractivity contribution < 1.29 is 23.9 Å². The number of carbonyl (C=O) groups excluding carboxylic acids is 3. The summed E-state index contributed by atoms with van der Waals surface area (Å²) in [5.41, 5.74) is 1.46. The van der Waals surface area contributed by atoms with Gasteiger partial charge >= 0.3 is 11.9 Å². The molecule has 144 valence electrons. The van der Waals surface area contributed by atoms with E-state index in [0.717, 1.165) is 19.1 Å². The van der Waals surface area contributed by atoms with E-state index in [1.807, 2.05) is 26.8 Å². The number of hydrogen-bond acceptors (Lipinski definition) is 5. The number of methoxy groups -OCH3 is 2. The number of esters is 2. The van der Waals surface area contributed by atoms with Crippen LogP contribution in [-0.4, -0.2) is 32.4 Å². The Bertz CT molecular complexity index is 576. The lowest BCUT2D eigenvalue weighted by atomic mass is 9.81. The number of allylic oxidation sites excluding steroid dienone is 1. The summed E-state index contributed by atoms with van der Waals surface area (Å²) < 4.78 is 9.68. The summed E-state index contributed by atoms with van der Waals surface area (Å²) >= 11 is 0. The van der Waals surface area contributed by atoms with E-state index in [2.05, 4.69) is 17.6 Å². The Morgan fingerprint density at radius 3 is 2.12 bits per heavy atom. The largest absolute Gasteiger partial charge is 0.468 e. The molecule has 0 heterocycles. The molecule has 0 aromatic rings. The van der Waals surface area contributed by atoms with Crippen molar-refractivity contribution in [1.29, 1.82) is 0 Å². The summed E-state index contributed by atoms with van der Waals surface area (Å²) in [5, 5.41) is 0. The van der Waals surface area contributed by atoms with Gasteiger partial charge in [0, 0.05) is 25.7 Å². The monoisotopic (exact) mass is 362 g/mol. The molecule has 0 amide bonds. The first kappa shape index (κ1) is 23.7. The maximum Gasteiger partial charge on any atom is 0.324 e. The number of ether oxygens (including phenoxy) is 2. The molecule has 0 saturated carbocycles. The van der Waals surface area contributed by atoms with Crippen LogP contribution in [0.5, 0.6) is 0 Å². The lowest BCUT2D eigenvalue weighted by molar-refractivity contribution is -0.168. The highest BCUT2D eigenvalue weighted by Gasteiger charge is 2.47. The van der Waals surface area contributed by atoms with Crippen molar-refractivity contribution >= 4 is 18.2 Å². The fourth-order valence-electron chi connectivity index (χ4n) is 2.14. The molecule has 0 rings (SSSR count). The zero-order valence-corrected chi connectivity index (χ0v) is 16.5. The van der Waals surface area contributed by atoms with Crippen molar-refractivity contribution in [2.75, 3.05) is 14.2 Å². The summed E-state index contributed by atoms with van der Waals surface area (Å²) in [6.45, 7) is 6.08. The number of carbonyl (C=O) groups is 3. The van der Waals surface area contributed by atoms with E-state index in [1.54, 1.807) is 6.08 Å². The van der Waals surface area contributed by atoms with Gasteiger partial charge in [-0.3, -0.25) is 9.59 Å². The summed E-state index contributed by atoms with van der Waals surface area (Å²) in [6, 6.07) is 0. The third kappa shape index (κ3) is 8.69. The zero-order chi connectivity index (χ0) is 20.1. The van der Waals surface area contributed by atoms with Crippen LogP contribution < -0.4 is 0 Å². The predicted molar refractivity (Wildman–Crippen MR) is 100 cm³/mol. The molecular weight excluding hydrogens is 332 g/mol. The molecule has 5 nitrogen and oxygen atoms in total. The van der Waals surface area contributed by atoms with Gasteiger partial charge in [-0.25, -0.2) is 0 Å². The Labute approximate surface area is 156 Å². The topological polar surface area (TPSA) is 69.7 Å². The van der Waals surface area contributed by atoms with Crippen LogP contribution in [0, 0.1) is 22.7 Å². The molecule has 5 heteroatoms. The smallest absolute Gasteiger partial charge is 0.324 e. The Balaban J connectivity index is 5.35. The third-order valence-corrected chi connectivity index (χ3v) is 3.63. The number of unbranched alkanes of at least 4 members (excludes halogenated alkanes) is 3. The van der Waals surface area contributed by atoms with Gasteiger partial charge in [0.25, 0.3) is 0 Å². The highest BCUT2D eigenvalue weighted by Crippen LogP contribution is 2.30. The predicted octanol–water partition coefficient (Wildman–Crippen LogP) is 3.62. The van der Waals surface area contributed by atoms with Crippen LogP contribution in [0.15, 0.2) is 17.9 Å². The van der Waals surface area contributed by atoms with E-state index < -0.39 is 17.4 Å². The van der Waals surface area contributed by atoms with Gasteiger partial charge in [-0.15, -0.1) is 17.6 Å². The van der Waals surface area contributed by atoms with Crippen molar-refractivity contribution in [3.63, 3.8) is 0 Å². The van der Waals surface area contributed by atoms with Gasteiger partial charge in [0.15, 0.2) is 5.41 Å². The average molecular weight is 362 g/mol. The Kier molecular flexibility index (Phi) is 11.0. The van der Waals surface area contributed by atoms with E-state index in [0.29, 0.717) is 12.8 Å². The van der Waals surface area contributed by atoms with E-state index >= 15 is 0 Å². The van der Waals surface area contributed by atoms with Crippen LogP contribution >= 0.6 is 0 Å². The first-order valence-electron chi connectivity index (χ1n) is 8.72. The van der Waals surface area contributed by atoms with E-state index in [1.165, 1.54) is 14.2 Å². The van der Waals surface area contributed by atoms with Crippen molar-refractivity contribution in [1.82, 2.24) is 0 Å². The summed E-state index contributed by atoms with van der Waals surface area (Å²) in [6.07, 6.45) is 7.18. The van der Waals surface area contributed by atoms with Crippen molar-refractivity contribution in [3.8, 4) is 11.8 Å². The molecular formula is C21H30O5. The van der Waals surface area contributed by atoms with Gasteiger partial charge in [0.05, 0.1) is 14.2 Å². The highest BCUT2D eigenvalue weighted by molar-refractivity contribution is 6.00. The van der Waals surface area contributed by atoms with Gasteiger partial charge in [-0.2, -0.15) is 0 Å². The highest BCUT2D eigenvalue weighted by atomic mass is 16.5. The molecule has 0 saturated heterocycles. The van der Waals surface area contributed by atoms with Gasteiger partial charge in [-0.1, -0.05) is 20.8 Å². The minimum absolute atomic E-state index is 0.00766. The molecule has 0 fully saturated rings. The van der Waals surface area contributed by atoms with E-state index in [-0.39, 0.29) is 18.3 Å². The lowest BCUT2D eigenvalue weighted by Gasteiger charge is -2.24. The molecule has 0 aromatic heterocycles. The second kappa shape index (κ2) is 12.1. The van der Waals surface area contributed by atoms with Crippen molar-refractivity contribution in [2.45, 2.75) is 59.3 Å². The van der Waals surface area contributed by atoms with E-state index in [4.69, 9.17) is 9.47 Å². The molecule has 0 unspecified atom stereocenters. The first-order valence-corrected chi connectivity index (χ1v) is 8.72. The molecule has 0 N–H and O–H groups in total. The normalized spacial score (nSPS) is 10.7. The lowest BCUT2D eigenvalue weighted by Crippen LogP contribution is -2.40. The summed E-state index contributed by atoms with van der Waals surface area (Å²) in [7, 11) is 2.48. The summed E-state index contributed by atoms with van der Waals surface area (Å²) in [5.74, 6) is 4.50. The first-order chi connectivity index (χ1) is 12.2. The molecule has 0 spiro atoms. The van der Waals surface area contributed by atoms with Crippen molar-refractivity contribution in [2.24, 2.45) is 10.8 Å². The fourth-order valence-corrected chi connectivity index (χ4v) is 2.14. The Morgan fingerprint density at radius 1 is 1.00 bits per heavy atom. The molecule has 0 aromatic carbocycles. The van der Waals surface area contributed by atoms with Gasteiger partial charge in [-0.05, 0) is 30.4 Å². The number of hydrogen-bond donors (Lipinski definition) is 0. The molecule has 0 bridgehead atoms. The van der Waals surface area contributed by atoms with Crippen LogP contribution in [0.4, 0.5) is 0 Å². The second-order valence-electron chi connectivity index (χ2n) is 7.09. The zero-order valence-electron chi connectivity index (χ0n) is 16.5. The van der Waals surface area contributed by atoms with Crippen LogP contribution in [0.25, 0.3) is 0 Å². The SMILES string of the molecule is COC(=O)C(CC#CCCCCC=O)(CC=C=CC(C)(C)C)C(=O)OC. The summed E-state index contributed by atoms with van der Waals surface area (Å²) in [4.78, 5) is 35.0. The Morgan fingerprint density at radius 2 is 1.62 bits per heavy atom. The maximum atomic E-state index is 12.3. The van der Waals surface area contributed by atoms with Crippen LogP contribution in [0.1, 0.15) is 59.3 Å². The quantitative estimate of drug-likeness (QED) is 0.156. The van der Waals surface area contributed by atoms with Gasteiger partial charge in [0.1, 0.15) is 6.29 Å². The molecule has 0 aliphatic rings. The third-order valence-electron chi connectivity index (χ3n) is 3.63. The molecule has 0 atom stereocenters. The molecule has 0 aliphatic carbocycles. The maximum absolute atomic E-state index is 12.3. The second-order valence-corrected chi connectivity index (χ2v) is 7.09. The Hall–Kier alpha value is -2.31. The molecule has 0 radical (unpaired) electrons. The van der Waals surface area contributed by atoms with Gasteiger partial charge in [0.2, 0.25) is 0 Å². The van der Waals surface area contributed by atoms with Gasteiger partial charge < -0.3 is 14.3 Å². The number of rotatable bonds is 9. The number of aldehydes is 1.